The summed E-state index contributed by atoms with van der Waals surface area (Å²) in [6.45, 7) is 1.54. The summed E-state index contributed by atoms with van der Waals surface area (Å²) < 4.78 is 0. The molecule has 27 heavy (non-hydrogen) atoms. The average Bonchev–Trinajstić information content (AvgIpc) is 2.73. The second-order valence-electron chi connectivity index (χ2n) is 7.28. The maximum Gasteiger partial charge on any atom is 0.251 e. The normalized spacial score (nSPS) is 19.1. The molecular weight excluding hydrogens is 338 g/mol. The lowest BCUT2D eigenvalue weighted by molar-refractivity contribution is 0.0933. The van der Waals surface area contributed by atoms with Crippen molar-refractivity contribution < 1.29 is 4.79 Å². The molecule has 138 valence electrons. The van der Waals surface area contributed by atoms with Crippen LogP contribution in [0, 0.1) is 11.3 Å². The number of carbonyl (C=O) groups excluding carboxylic acids is 1. The number of anilines is 1. The van der Waals surface area contributed by atoms with E-state index in [1.165, 1.54) is 12.0 Å². The monoisotopic (exact) mass is 361 g/mol. The first-order valence-corrected chi connectivity index (χ1v) is 9.63. The van der Waals surface area contributed by atoms with Crippen molar-refractivity contribution in [1.82, 2.24) is 15.3 Å². The molecule has 1 aliphatic carbocycles. The van der Waals surface area contributed by atoms with E-state index in [1.807, 2.05) is 6.07 Å². The molecular formula is C21H23N5O. The molecule has 3 heterocycles. The standard InChI is InChI=1S/C21H23N5O/c22-13-17-12-16-4-1-2-6-19(16)25-20(17)26-11-3-5-18(14-26)24-21(27)15-7-9-23-10-8-15/h7-10,12,18H,1-6,11,14H2,(H,24,27). The molecule has 6 nitrogen and oxygen atoms in total. The van der Waals surface area contributed by atoms with Crippen LogP contribution in [0.15, 0.2) is 30.6 Å². The zero-order chi connectivity index (χ0) is 18.6. The highest BCUT2D eigenvalue weighted by molar-refractivity contribution is 5.94. The lowest BCUT2D eigenvalue weighted by Gasteiger charge is -2.35. The van der Waals surface area contributed by atoms with E-state index in [2.05, 4.69) is 21.3 Å². The van der Waals surface area contributed by atoms with Crippen molar-refractivity contribution in [2.75, 3.05) is 18.0 Å². The van der Waals surface area contributed by atoms with E-state index in [9.17, 15) is 10.1 Å². The van der Waals surface area contributed by atoms with Gasteiger partial charge in [-0.25, -0.2) is 4.98 Å². The molecule has 1 saturated heterocycles. The first-order valence-electron chi connectivity index (χ1n) is 9.63. The van der Waals surface area contributed by atoms with E-state index >= 15 is 0 Å². The number of nitrogens with one attached hydrogen (secondary N) is 1. The number of nitrogens with zero attached hydrogens (tertiary/aromatic N) is 4. The molecule has 1 N–H and O–H groups in total. The summed E-state index contributed by atoms with van der Waals surface area (Å²) in [6.07, 6.45) is 9.48. The lowest BCUT2D eigenvalue weighted by Crippen LogP contribution is -2.48. The van der Waals surface area contributed by atoms with Gasteiger partial charge in [0.2, 0.25) is 0 Å². The van der Waals surface area contributed by atoms with Crippen molar-refractivity contribution in [3.8, 4) is 6.07 Å². The largest absolute Gasteiger partial charge is 0.353 e. The topological polar surface area (TPSA) is 81.9 Å². The molecule has 1 atom stereocenters. The number of amides is 1. The Morgan fingerprint density at radius 1 is 1.22 bits per heavy atom. The summed E-state index contributed by atoms with van der Waals surface area (Å²) >= 11 is 0. The molecule has 0 radical (unpaired) electrons. The van der Waals surface area contributed by atoms with Crippen LogP contribution in [0.3, 0.4) is 0 Å². The number of piperidine rings is 1. The molecule has 0 bridgehead atoms. The Morgan fingerprint density at radius 2 is 2.04 bits per heavy atom. The fraction of sp³-hybridized carbons (Fsp3) is 0.429. The van der Waals surface area contributed by atoms with Crippen molar-refractivity contribution in [3.63, 3.8) is 0 Å². The zero-order valence-electron chi connectivity index (χ0n) is 15.3. The number of pyridine rings is 2. The van der Waals surface area contributed by atoms with Crippen LogP contribution in [-0.2, 0) is 12.8 Å². The number of aromatic nitrogens is 2. The number of carbonyl (C=O) groups is 1. The van der Waals surface area contributed by atoms with Crippen LogP contribution in [-0.4, -0.2) is 35.0 Å². The minimum atomic E-state index is -0.0804. The number of rotatable bonds is 3. The molecule has 2 aromatic heterocycles. The molecule has 1 aliphatic heterocycles. The molecule has 0 saturated carbocycles. The quantitative estimate of drug-likeness (QED) is 0.909. The summed E-state index contributed by atoms with van der Waals surface area (Å²) in [7, 11) is 0. The molecule has 1 amide bonds. The van der Waals surface area contributed by atoms with E-state index in [0.717, 1.165) is 50.2 Å². The van der Waals surface area contributed by atoms with Crippen LogP contribution in [0.5, 0.6) is 0 Å². The van der Waals surface area contributed by atoms with Crippen molar-refractivity contribution in [3.05, 3.63) is 53.0 Å². The Bertz CT molecular complexity index is 874. The molecule has 2 aliphatic rings. The van der Waals surface area contributed by atoms with Crippen LogP contribution in [0.2, 0.25) is 0 Å². The van der Waals surface area contributed by atoms with E-state index in [1.54, 1.807) is 24.5 Å². The third kappa shape index (κ3) is 3.77. The highest BCUT2D eigenvalue weighted by atomic mass is 16.1. The number of fused-ring (bicyclic) bond motifs is 1. The van der Waals surface area contributed by atoms with Gasteiger partial charge in [0, 0.05) is 42.8 Å². The molecule has 2 aromatic rings. The summed E-state index contributed by atoms with van der Waals surface area (Å²) in [5, 5.41) is 12.7. The number of nitriles is 1. The minimum Gasteiger partial charge on any atom is -0.353 e. The van der Waals surface area contributed by atoms with Crippen molar-refractivity contribution in [2.45, 2.75) is 44.6 Å². The summed E-state index contributed by atoms with van der Waals surface area (Å²) in [6, 6.07) is 7.83. The van der Waals surface area contributed by atoms with Crippen LogP contribution in [0.4, 0.5) is 5.82 Å². The Kier molecular flexibility index (Phi) is 5.01. The van der Waals surface area contributed by atoms with Crippen LogP contribution >= 0.6 is 0 Å². The van der Waals surface area contributed by atoms with Gasteiger partial charge in [-0.05, 0) is 62.3 Å². The van der Waals surface area contributed by atoms with E-state index in [4.69, 9.17) is 4.98 Å². The van der Waals surface area contributed by atoms with Gasteiger partial charge in [-0.3, -0.25) is 9.78 Å². The van der Waals surface area contributed by atoms with Gasteiger partial charge < -0.3 is 10.2 Å². The van der Waals surface area contributed by atoms with Crippen LogP contribution in [0.1, 0.15) is 52.9 Å². The maximum absolute atomic E-state index is 12.4. The number of aryl methyl sites for hydroxylation is 2. The van der Waals surface area contributed by atoms with Gasteiger partial charge >= 0.3 is 0 Å². The highest BCUT2D eigenvalue weighted by Crippen LogP contribution is 2.28. The Hall–Kier alpha value is -2.94. The van der Waals surface area contributed by atoms with Gasteiger partial charge in [0.25, 0.3) is 5.91 Å². The molecule has 0 aromatic carbocycles. The first kappa shape index (κ1) is 17.5. The summed E-state index contributed by atoms with van der Waals surface area (Å²) in [5.74, 6) is 0.698. The van der Waals surface area contributed by atoms with Gasteiger partial charge in [-0.15, -0.1) is 0 Å². The van der Waals surface area contributed by atoms with Crippen LogP contribution in [0.25, 0.3) is 0 Å². The van der Waals surface area contributed by atoms with Gasteiger partial charge in [-0.1, -0.05) is 0 Å². The van der Waals surface area contributed by atoms with Gasteiger partial charge in [0.05, 0.1) is 5.56 Å². The predicted molar refractivity (Wildman–Crippen MR) is 103 cm³/mol. The van der Waals surface area contributed by atoms with Crippen molar-refractivity contribution in [1.29, 1.82) is 5.26 Å². The van der Waals surface area contributed by atoms with E-state index in [0.29, 0.717) is 17.7 Å². The van der Waals surface area contributed by atoms with Gasteiger partial charge in [0.15, 0.2) is 0 Å². The van der Waals surface area contributed by atoms with Crippen molar-refractivity contribution >= 4 is 11.7 Å². The first-order chi connectivity index (χ1) is 13.2. The fourth-order valence-electron chi connectivity index (χ4n) is 4.01. The molecule has 1 unspecified atom stereocenters. The molecule has 4 rings (SSSR count). The van der Waals surface area contributed by atoms with Gasteiger partial charge in [0.1, 0.15) is 11.9 Å². The van der Waals surface area contributed by atoms with Crippen molar-refractivity contribution in [2.24, 2.45) is 0 Å². The smallest absolute Gasteiger partial charge is 0.251 e. The Labute approximate surface area is 159 Å². The molecule has 0 spiro atoms. The fourth-order valence-corrected chi connectivity index (χ4v) is 4.01. The minimum absolute atomic E-state index is 0.0452. The SMILES string of the molecule is N#Cc1cc2c(nc1N1CCCC(NC(=O)c3ccncc3)C1)CCCC2. The summed E-state index contributed by atoms with van der Waals surface area (Å²) in [4.78, 5) is 23.4. The summed E-state index contributed by atoms with van der Waals surface area (Å²) in [5.41, 5.74) is 3.63. The van der Waals surface area contributed by atoms with E-state index < -0.39 is 0 Å². The average molecular weight is 361 g/mol. The third-order valence-electron chi connectivity index (χ3n) is 5.40. The zero-order valence-corrected chi connectivity index (χ0v) is 15.3. The predicted octanol–water partition coefficient (Wildman–Crippen LogP) is 2.63. The molecule has 6 heteroatoms. The number of hydrogen-bond acceptors (Lipinski definition) is 5. The Morgan fingerprint density at radius 3 is 2.85 bits per heavy atom. The van der Waals surface area contributed by atoms with E-state index in [-0.39, 0.29) is 11.9 Å². The maximum atomic E-state index is 12.4. The van der Waals surface area contributed by atoms with Gasteiger partial charge in [-0.2, -0.15) is 5.26 Å². The molecule has 1 fully saturated rings. The second-order valence-corrected chi connectivity index (χ2v) is 7.28. The third-order valence-corrected chi connectivity index (χ3v) is 5.40. The highest BCUT2D eigenvalue weighted by Gasteiger charge is 2.26. The van der Waals surface area contributed by atoms with Crippen LogP contribution < -0.4 is 10.2 Å². The second kappa shape index (κ2) is 7.75. The lowest BCUT2D eigenvalue weighted by atomic mass is 9.94. The number of hydrogen-bond donors (Lipinski definition) is 1. The Balaban J connectivity index is 1.51.